The molecule has 0 fully saturated rings. The zero-order valence-electron chi connectivity index (χ0n) is 14.4. The van der Waals surface area contributed by atoms with Gasteiger partial charge in [-0.2, -0.15) is 23.0 Å². The van der Waals surface area contributed by atoms with E-state index in [1.54, 1.807) is 13.8 Å². The van der Waals surface area contributed by atoms with Crippen molar-refractivity contribution < 1.29 is 27.6 Å². The molecule has 1 atom stereocenters. The first-order chi connectivity index (χ1) is 12.6. The number of rotatable bonds is 8. The molecule has 27 heavy (non-hydrogen) atoms. The van der Waals surface area contributed by atoms with Crippen molar-refractivity contribution in [2.24, 2.45) is 0 Å². The van der Waals surface area contributed by atoms with Crippen LogP contribution in [0.5, 0.6) is 0 Å². The number of anilines is 1. The minimum Gasteiger partial charge on any atom is -0.358 e. The molecule has 0 aromatic carbocycles. The molecule has 0 spiro atoms. The minimum absolute atomic E-state index is 0.244. The number of halogens is 3. The number of carbonyl (C=O) groups excluding carboxylic acids is 1. The van der Waals surface area contributed by atoms with Gasteiger partial charge in [-0.15, -0.1) is 0 Å². The van der Waals surface area contributed by atoms with Crippen LogP contribution in [0.1, 0.15) is 25.1 Å². The van der Waals surface area contributed by atoms with Crippen LogP contribution in [0.4, 0.5) is 24.7 Å². The highest BCUT2D eigenvalue weighted by molar-refractivity contribution is 5.93. The van der Waals surface area contributed by atoms with Crippen molar-refractivity contribution in [3.8, 4) is 0 Å². The summed E-state index contributed by atoms with van der Waals surface area (Å²) in [7, 11) is 0. The lowest BCUT2D eigenvalue weighted by Gasteiger charge is -2.13. The maximum Gasteiger partial charge on any atom is 0.411 e. The first-order valence-corrected chi connectivity index (χ1v) is 7.79. The van der Waals surface area contributed by atoms with Crippen molar-refractivity contribution in [2.75, 3.05) is 11.9 Å². The Balaban J connectivity index is 2.02. The van der Waals surface area contributed by atoms with Crippen LogP contribution < -0.4 is 5.32 Å². The van der Waals surface area contributed by atoms with Gasteiger partial charge in [-0.05, 0) is 18.3 Å². The highest BCUT2D eigenvalue weighted by Gasteiger charge is 2.28. The number of hydrogen-bond acceptors (Lipinski definition) is 6. The van der Waals surface area contributed by atoms with Gasteiger partial charge in [-0.3, -0.25) is 4.79 Å². The number of nitrogens with one attached hydrogen (secondary N) is 1. The molecular formula is C14H17F3N6O4. The Morgan fingerprint density at radius 3 is 2.74 bits per heavy atom. The number of carbonyl (C=O) groups is 1. The monoisotopic (exact) mass is 390 g/mol. The number of alkyl halides is 3. The third kappa shape index (κ3) is 5.51. The molecule has 0 bridgehead atoms. The SMILES string of the molecule is CCC(C(=O)Nc1cnn(COCC(F)(F)F)c1)n1nc([N+](=O)[O-])cc1C. The van der Waals surface area contributed by atoms with E-state index < -0.39 is 36.4 Å². The highest BCUT2D eigenvalue weighted by Crippen LogP contribution is 2.20. The maximum atomic E-state index is 12.5. The summed E-state index contributed by atoms with van der Waals surface area (Å²) >= 11 is 0. The normalized spacial score (nSPS) is 12.8. The summed E-state index contributed by atoms with van der Waals surface area (Å²) in [4.78, 5) is 22.6. The van der Waals surface area contributed by atoms with Crippen LogP contribution in [0.3, 0.4) is 0 Å². The van der Waals surface area contributed by atoms with E-state index in [1.807, 2.05) is 0 Å². The van der Waals surface area contributed by atoms with Gasteiger partial charge in [0.1, 0.15) is 13.3 Å². The lowest BCUT2D eigenvalue weighted by atomic mass is 10.2. The van der Waals surface area contributed by atoms with Gasteiger partial charge in [0.2, 0.25) is 0 Å². The molecule has 2 heterocycles. The number of nitro groups is 1. The second-order valence-electron chi connectivity index (χ2n) is 5.62. The van der Waals surface area contributed by atoms with Gasteiger partial charge in [0.25, 0.3) is 5.91 Å². The largest absolute Gasteiger partial charge is 0.411 e. The lowest BCUT2D eigenvalue weighted by Crippen LogP contribution is -2.27. The molecule has 1 unspecified atom stereocenters. The summed E-state index contributed by atoms with van der Waals surface area (Å²) in [6.45, 7) is 1.46. The number of nitrogens with zero attached hydrogens (tertiary/aromatic N) is 5. The van der Waals surface area contributed by atoms with Gasteiger partial charge >= 0.3 is 12.0 Å². The van der Waals surface area contributed by atoms with Gasteiger partial charge in [-0.1, -0.05) is 6.92 Å². The number of amides is 1. The molecule has 0 radical (unpaired) electrons. The van der Waals surface area contributed by atoms with E-state index in [0.717, 1.165) is 4.68 Å². The van der Waals surface area contributed by atoms with Crippen molar-refractivity contribution in [1.82, 2.24) is 19.6 Å². The van der Waals surface area contributed by atoms with Crippen molar-refractivity contribution >= 4 is 17.4 Å². The Bertz CT molecular complexity index is 816. The number of aryl methyl sites for hydroxylation is 1. The first-order valence-electron chi connectivity index (χ1n) is 7.79. The topological polar surface area (TPSA) is 117 Å². The lowest BCUT2D eigenvalue weighted by molar-refractivity contribution is -0.389. The van der Waals surface area contributed by atoms with Gasteiger partial charge in [-0.25, -0.2) is 4.68 Å². The summed E-state index contributed by atoms with van der Waals surface area (Å²) in [5.74, 6) is -0.859. The average molecular weight is 390 g/mol. The summed E-state index contributed by atoms with van der Waals surface area (Å²) in [6.07, 6.45) is -1.57. The maximum absolute atomic E-state index is 12.5. The molecule has 2 aromatic heterocycles. The Hall–Kier alpha value is -2.96. The third-order valence-electron chi connectivity index (χ3n) is 3.47. The average Bonchev–Trinajstić information content (AvgIpc) is 3.14. The van der Waals surface area contributed by atoms with Gasteiger partial charge < -0.3 is 20.2 Å². The van der Waals surface area contributed by atoms with Gasteiger partial charge in [0.15, 0.2) is 6.04 Å². The van der Waals surface area contributed by atoms with E-state index in [1.165, 1.54) is 23.1 Å². The van der Waals surface area contributed by atoms with Gasteiger partial charge in [0.05, 0.1) is 34.9 Å². The predicted octanol–water partition coefficient (Wildman–Crippen LogP) is 2.42. The van der Waals surface area contributed by atoms with E-state index >= 15 is 0 Å². The molecule has 1 N–H and O–H groups in total. The fraction of sp³-hybridized carbons (Fsp3) is 0.500. The van der Waals surface area contributed by atoms with E-state index in [9.17, 15) is 28.1 Å². The molecule has 0 aliphatic rings. The predicted molar refractivity (Wildman–Crippen MR) is 85.8 cm³/mol. The molecule has 148 valence electrons. The van der Waals surface area contributed by atoms with Crippen LogP contribution in [-0.2, 0) is 16.3 Å². The summed E-state index contributed by atoms with van der Waals surface area (Å²) in [5.41, 5.74) is 0.688. The molecule has 2 rings (SSSR count). The summed E-state index contributed by atoms with van der Waals surface area (Å²) < 4.78 is 43.0. The highest BCUT2D eigenvalue weighted by atomic mass is 19.4. The van der Waals surface area contributed by atoms with Crippen molar-refractivity contribution in [3.63, 3.8) is 0 Å². The van der Waals surface area contributed by atoms with E-state index in [2.05, 4.69) is 20.3 Å². The fourth-order valence-electron chi connectivity index (χ4n) is 2.32. The Kier molecular flexibility index (Phi) is 6.15. The second kappa shape index (κ2) is 8.16. The van der Waals surface area contributed by atoms with Crippen LogP contribution >= 0.6 is 0 Å². The molecule has 1 amide bonds. The van der Waals surface area contributed by atoms with Crippen LogP contribution in [0.2, 0.25) is 0 Å². The summed E-state index contributed by atoms with van der Waals surface area (Å²) in [6, 6.07) is 0.454. The number of aromatic nitrogens is 4. The second-order valence-corrected chi connectivity index (χ2v) is 5.62. The molecule has 10 nitrogen and oxygen atoms in total. The van der Waals surface area contributed by atoms with Crippen molar-refractivity contribution in [1.29, 1.82) is 0 Å². The number of hydrogen-bond donors (Lipinski definition) is 1. The van der Waals surface area contributed by atoms with Crippen molar-refractivity contribution in [3.05, 3.63) is 34.3 Å². The molecule has 13 heteroatoms. The minimum atomic E-state index is -4.44. The van der Waals surface area contributed by atoms with E-state index in [0.29, 0.717) is 12.1 Å². The van der Waals surface area contributed by atoms with Crippen LogP contribution in [-0.4, -0.2) is 43.2 Å². The van der Waals surface area contributed by atoms with E-state index in [4.69, 9.17) is 0 Å². The molecule has 0 aliphatic heterocycles. The zero-order chi connectivity index (χ0) is 20.2. The smallest absolute Gasteiger partial charge is 0.358 e. The van der Waals surface area contributed by atoms with Crippen LogP contribution in [0.15, 0.2) is 18.5 Å². The third-order valence-corrected chi connectivity index (χ3v) is 3.47. The molecule has 2 aromatic rings. The summed E-state index contributed by atoms with van der Waals surface area (Å²) in [5, 5.41) is 21.0. The van der Waals surface area contributed by atoms with Crippen LogP contribution in [0.25, 0.3) is 0 Å². The van der Waals surface area contributed by atoms with Crippen molar-refractivity contribution in [2.45, 2.75) is 39.2 Å². The van der Waals surface area contributed by atoms with Crippen LogP contribution in [0, 0.1) is 17.0 Å². The Morgan fingerprint density at radius 1 is 1.48 bits per heavy atom. The molecule has 0 saturated carbocycles. The molecule has 0 saturated heterocycles. The van der Waals surface area contributed by atoms with E-state index in [-0.39, 0.29) is 11.5 Å². The first kappa shape index (κ1) is 20.4. The Labute approximate surface area is 151 Å². The number of ether oxygens (including phenoxy) is 1. The molecule has 0 aliphatic carbocycles. The van der Waals surface area contributed by atoms with Gasteiger partial charge in [0, 0.05) is 0 Å². The quantitative estimate of drug-likeness (QED) is 0.546. The fourth-order valence-corrected chi connectivity index (χ4v) is 2.32. The molecular weight excluding hydrogens is 373 g/mol. The standard InChI is InChI=1S/C14H17F3N6O4/c1-3-11(22-9(2)4-12(20-22)23(25)26)13(24)19-10-5-18-21(6-10)8-27-7-14(15,16)17/h4-6,11H,3,7-8H2,1-2H3,(H,19,24). The Morgan fingerprint density at radius 2 is 2.19 bits per heavy atom. The zero-order valence-corrected chi connectivity index (χ0v) is 14.4.